The van der Waals surface area contributed by atoms with Crippen molar-refractivity contribution in [1.29, 1.82) is 0 Å². The first-order chi connectivity index (χ1) is 10.1. The molecular weight excluding hydrogens is 337 g/mol. The Bertz CT molecular complexity index is 472. The van der Waals surface area contributed by atoms with Crippen molar-refractivity contribution < 1.29 is 4.79 Å². The van der Waals surface area contributed by atoms with Crippen LogP contribution in [0.1, 0.15) is 64.2 Å². The van der Waals surface area contributed by atoms with Crippen LogP contribution in [-0.2, 0) is 11.3 Å². The first-order valence-electron chi connectivity index (χ1n) is 7.91. The van der Waals surface area contributed by atoms with E-state index in [9.17, 15) is 4.79 Å². The highest BCUT2D eigenvalue weighted by Gasteiger charge is 2.32. The number of carbonyl (C=O) groups excluding carboxylic acids is 1. The van der Waals surface area contributed by atoms with Gasteiger partial charge in [-0.1, -0.05) is 19.3 Å². The number of amides is 1. The first kappa shape index (κ1) is 22.1. The van der Waals surface area contributed by atoms with Crippen LogP contribution in [0.4, 0.5) is 0 Å². The van der Waals surface area contributed by atoms with E-state index in [2.05, 4.69) is 29.4 Å². The van der Waals surface area contributed by atoms with E-state index in [4.69, 9.17) is 5.73 Å². The van der Waals surface area contributed by atoms with Crippen LogP contribution in [0.3, 0.4) is 0 Å². The molecule has 2 rings (SSSR count). The average molecular weight is 366 g/mol. The summed E-state index contributed by atoms with van der Waals surface area (Å²) in [4.78, 5) is 12.2. The fourth-order valence-electron chi connectivity index (χ4n) is 3.16. The number of nitrogens with two attached hydrogens (primary N) is 1. The Kier molecular flexibility index (Phi) is 9.73. The summed E-state index contributed by atoms with van der Waals surface area (Å²) in [5.41, 5.74) is 5.94. The molecule has 0 bridgehead atoms. The molecule has 0 aromatic carbocycles. The summed E-state index contributed by atoms with van der Waals surface area (Å²) >= 11 is 0. The van der Waals surface area contributed by atoms with E-state index >= 15 is 0 Å². The van der Waals surface area contributed by atoms with Crippen LogP contribution < -0.4 is 11.1 Å². The standard InChI is InChI=1S/C15H27N5O.2ClH/c1-12(2)20-11-18-19-13(20)9-17-14(21)8-15(10-16)6-4-3-5-7-15;;/h11-12H,3-10,16H2,1-2H3,(H,17,21);2*1H. The van der Waals surface area contributed by atoms with E-state index < -0.39 is 0 Å². The number of hydrogen-bond acceptors (Lipinski definition) is 4. The Morgan fingerprint density at radius 2 is 2.00 bits per heavy atom. The molecule has 1 aromatic heterocycles. The van der Waals surface area contributed by atoms with Gasteiger partial charge in [-0.3, -0.25) is 4.79 Å². The predicted octanol–water partition coefficient (Wildman–Crippen LogP) is 2.62. The summed E-state index contributed by atoms with van der Waals surface area (Å²) in [5.74, 6) is 0.865. The fourth-order valence-corrected chi connectivity index (χ4v) is 3.16. The van der Waals surface area contributed by atoms with Crippen molar-refractivity contribution in [3.63, 3.8) is 0 Å². The summed E-state index contributed by atoms with van der Waals surface area (Å²) < 4.78 is 1.97. The van der Waals surface area contributed by atoms with Crippen LogP contribution in [-0.4, -0.2) is 27.2 Å². The van der Waals surface area contributed by atoms with Crippen LogP contribution >= 0.6 is 24.8 Å². The minimum atomic E-state index is 0. The third-order valence-corrected chi connectivity index (χ3v) is 4.53. The van der Waals surface area contributed by atoms with Crippen LogP contribution in [0.5, 0.6) is 0 Å². The van der Waals surface area contributed by atoms with Gasteiger partial charge in [0.1, 0.15) is 6.33 Å². The second-order valence-electron chi connectivity index (χ2n) is 6.47. The minimum absolute atomic E-state index is 0. The van der Waals surface area contributed by atoms with Crippen LogP contribution in [0.25, 0.3) is 0 Å². The molecule has 8 heteroatoms. The van der Waals surface area contributed by atoms with Gasteiger partial charge < -0.3 is 15.6 Å². The Hall–Kier alpha value is -0.850. The third kappa shape index (κ3) is 5.94. The number of carbonyl (C=O) groups is 1. The maximum Gasteiger partial charge on any atom is 0.220 e. The second kappa shape index (κ2) is 10.1. The van der Waals surface area contributed by atoms with Gasteiger partial charge in [0.25, 0.3) is 0 Å². The van der Waals surface area contributed by atoms with Gasteiger partial charge in [0.2, 0.25) is 5.91 Å². The minimum Gasteiger partial charge on any atom is -0.349 e. The number of halogens is 2. The van der Waals surface area contributed by atoms with Crippen molar-refractivity contribution in [1.82, 2.24) is 20.1 Å². The van der Waals surface area contributed by atoms with Crippen molar-refractivity contribution in [3.05, 3.63) is 12.2 Å². The quantitative estimate of drug-likeness (QED) is 0.810. The van der Waals surface area contributed by atoms with Crippen molar-refractivity contribution in [3.8, 4) is 0 Å². The molecular formula is C15H29Cl2N5O. The second-order valence-corrected chi connectivity index (χ2v) is 6.47. The normalized spacial score (nSPS) is 16.3. The van der Waals surface area contributed by atoms with Gasteiger partial charge in [-0.2, -0.15) is 0 Å². The summed E-state index contributed by atoms with van der Waals surface area (Å²) in [6, 6.07) is 0.292. The molecule has 1 fully saturated rings. The summed E-state index contributed by atoms with van der Waals surface area (Å²) in [6.45, 7) is 5.17. The molecule has 6 nitrogen and oxygen atoms in total. The molecule has 1 amide bonds. The molecule has 3 N–H and O–H groups in total. The Labute approximate surface area is 150 Å². The molecule has 1 aliphatic carbocycles. The van der Waals surface area contributed by atoms with Gasteiger partial charge in [-0.15, -0.1) is 35.0 Å². The zero-order valence-corrected chi connectivity index (χ0v) is 15.6. The van der Waals surface area contributed by atoms with Crippen LogP contribution in [0.15, 0.2) is 6.33 Å². The van der Waals surface area contributed by atoms with E-state index in [-0.39, 0.29) is 36.1 Å². The number of rotatable bonds is 6. The molecule has 134 valence electrons. The topological polar surface area (TPSA) is 85.8 Å². The molecule has 0 spiro atoms. The lowest BCUT2D eigenvalue weighted by Gasteiger charge is -2.35. The SMILES string of the molecule is CC(C)n1cnnc1CNC(=O)CC1(CN)CCCCC1.Cl.Cl. The van der Waals surface area contributed by atoms with Crippen molar-refractivity contribution in [2.45, 2.75) is 65.0 Å². The van der Waals surface area contributed by atoms with E-state index in [1.165, 1.54) is 19.3 Å². The number of nitrogens with zero attached hydrogens (tertiary/aromatic N) is 3. The van der Waals surface area contributed by atoms with Gasteiger partial charge in [0, 0.05) is 12.5 Å². The Morgan fingerprint density at radius 1 is 1.35 bits per heavy atom. The maximum absolute atomic E-state index is 12.2. The smallest absolute Gasteiger partial charge is 0.220 e. The third-order valence-electron chi connectivity index (χ3n) is 4.53. The van der Waals surface area contributed by atoms with Crippen molar-refractivity contribution in [2.24, 2.45) is 11.1 Å². The summed E-state index contributed by atoms with van der Waals surface area (Å²) in [6.07, 6.45) is 8.01. The summed E-state index contributed by atoms with van der Waals surface area (Å²) in [5, 5.41) is 10.9. The lowest BCUT2D eigenvalue weighted by Crippen LogP contribution is -2.38. The molecule has 1 saturated carbocycles. The van der Waals surface area contributed by atoms with E-state index in [0.717, 1.165) is 18.7 Å². The highest BCUT2D eigenvalue weighted by Crippen LogP contribution is 2.38. The predicted molar refractivity (Wildman–Crippen MR) is 95.9 cm³/mol. The molecule has 0 atom stereocenters. The van der Waals surface area contributed by atoms with Crippen molar-refractivity contribution in [2.75, 3.05) is 6.54 Å². The Morgan fingerprint density at radius 3 is 2.57 bits per heavy atom. The highest BCUT2D eigenvalue weighted by molar-refractivity contribution is 5.85. The maximum atomic E-state index is 12.2. The van der Waals surface area contributed by atoms with Gasteiger partial charge in [0.05, 0.1) is 6.54 Å². The lowest BCUT2D eigenvalue weighted by molar-refractivity contribution is -0.124. The number of hydrogen-bond donors (Lipinski definition) is 2. The fraction of sp³-hybridized carbons (Fsp3) is 0.800. The van der Waals surface area contributed by atoms with E-state index in [0.29, 0.717) is 25.6 Å². The number of nitrogens with one attached hydrogen (secondary N) is 1. The van der Waals surface area contributed by atoms with Gasteiger partial charge in [-0.05, 0) is 38.6 Å². The van der Waals surface area contributed by atoms with Gasteiger partial charge in [-0.25, -0.2) is 0 Å². The average Bonchev–Trinajstić information content (AvgIpc) is 2.95. The molecule has 0 saturated heterocycles. The van der Waals surface area contributed by atoms with Gasteiger partial charge >= 0.3 is 0 Å². The van der Waals surface area contributed by atoms with Crippen LogP contribution in [0.2, 0.25) is 0 Å². The molecule has 1 heterocycles. The van der Waals surface area contributed by atoms with E-state index in [1.807, 2.05) is 4.57 Å². The molecule has 0 aliphatic heterocycles. The van der Waals surface area contributed by atoms with Crippen molar-refractivity contribution >= 4 is 30.7 Å². The zero-order chi connectivity index (χ0) is 15.3. The highest BCUT2D eigenvalue weighted by atomic mass is 35.5. The first-order valence-corrected chi connectivity index (χ1v) is 7.91. The monoisotopic (exact) mass is 365 g/mol. The zero-order valence-electron chi connectivity index (χ0n) is 14.0. The van der Waals surface area contributed by atoms with E-state index in [1.54, 1.807) is 6.33 Å². The molecule has 0 unspecified atom stereocenters. The van der Waals surface area contributed by atoms with Crippen LogP contribution in [0, 0.1) is 5.41 Å². The molecule has 23 heavy (non-hydrogen) atoms. The summed E-state index contributed by atoms with van der Waals surface area (Å²) in [7, 11) is 0. The largest absolute Gasteiger partial charge is 0.349 e. The number of aromatic nitrogens is 3. The van der Waals surface area contributed by atoms with Gasteiger partial charge in [0.15, 0.2) is 5.82 Å². The Balaban J connectivity index is 0.00000242. The molecule has 0 radical (unpaired) electrons. The molecule has 1 aromatic rings. The molecule has 1 aliphatic rings. The lowest BCUT2D eigenvalue weighted by atomic mass is 9.71.